The van der Waals surface area contributed by atoms with E-state index in [1.807, 2.05) is 0 Å². The SMILES string of the molecule is CC(C)C(F)(F)C(F)(F)C(F)(F)C(F)(F)C(F)(F)F. The van der Waals surface area contributed by atoms with E-state index >= 15 is 0 Å². The van der Waals surface area contributed by atoms with Gasteiger partial charge in [0.1, 0.15) is 0 Å². The van der Waals surface area contributed by atoms with E-state index in [2.05, 4.69) is 0 Å². The summed E-state index contributed by atoms with van der Waals surface area (Å²) in [6, 6.07) is 0. The van der Waals surface area contributed by atoms with Crippen LogP contribution in [-0.2, 0) is 0 Å². The van der Waals surface area contributed by atoms with Crippen molar-refractivity contribution in [2.24, 2.45) is 5.92 Å². The lowest BCUT2D eigenvalue weighted by Crippen LogP contribution is -2.67. The van der Waals surface area contributed by atoms with E-state index in [0.29, 0.717) is 0 Å². The van der Waals surface area contributed by atoms with E-state index in [9.17, 15) is 48.3 Å². The lowest BCUT2D eigenvalue weighted by molar-refractivity contribution is -0.425. The molecule has 0 atom stereocenters. The molecule has 0 aromatic heterocycles. The van der Waals surface area contributed by atoms with Gasteiger partial charge in [0.15, 0.2) is 0 Å². The quantitative estimate of drug-likeness (QED) is 0.657. The molecule has 0 rings (SSSR count). The molecule has 0 aliphatic rings. The molecule has 0 aliphatic heterocycles. The van der Waals surface area contributed by atoms with Crippen LogP contribution in [0.25, 0.3) is 0 Å². The molecule has 0 saturated heterocycles. The predicted octanol–water partition coefficient (Wildman–Crippen LogP) is 4.75. The van der Waals surface area contributed by atoms with Gasteiger partial charge in [0, 0.05) is 5.92 Å². The van der Waals surface area contributed by atoms with Gasteiger partial charge in [-0.3, -0.25) is 0 Å². The summed E-state index contributed by atoms with van der Waals surface area (Å²) in [5.41, 5.74) is 0. The highest BCUT2D eigenvalue weighted by Gasteiger charge is 2.87. The average molecular weight is 312 g/mol. The molecule has 0 saturated carbocycles. The second kappa shape index (κ2) is 4.37. The highest BCUT2D eigenvalue weighted by atomic mass is 19.4. The molecule has 0 amide bonds. The second-order valence-electron chi connectivity index (χ2n) is 4.00. The molecule has 0 nitrogen and oxygen atoms in total. The highest BCUT2D eigenvalue weighted by molar-refractivity contribution is 5.06. The van der Waals surface area contributed by atoms with Crippen molar-refractivity contribution in [3.63, 3.8) is 0 Å². The first kappa shape index (κ1) is 18.2. The fourth-order valence-electron chi connectivity index (χ4n) is 0.947. The Balaban J connectivity index is 5.92. The van der Waals surface area contributed by atoms with Crippen molar-refractivity contribution in [1.29, 1.82) is 0 Å². The second-order valence-corrected chi connectivity index (χ2v) is 4.00. The van der Waals surface area contributed by atoms with Gasteiger partial charge in [-0.15, -0.1) is 0 Å². The van der Waals surface area contributed by atoms with Gasteiger partial charge in [-0.2, -0.15) is 48.3 Å². The average Bonchev–Trinajstić information content (AvgIpc) is 2.14. The summed E-state index contributed by atoms with van der Waals surface area (Å²) in [5, 5.41) is 0. The minimum Gasteiger partial charge on any atom is -0.199 e. The number of halogens is 11. The zero-order valence-electron chi connectivity index (χ0n) is 9.23. The first-order chi connectivity index (χ1) is 7.94. The van der Waals surface area contributed by atoms with Crippen LogP contribution in [0.2, 0.25) is 0 Å². The number of hydrogen-bond acceptors (Lipinski definition) is 0. The largest absolute Gasteiger partial charge is 0.460 e. The van der Waals surface area contributed by atoms with Gasteiger partial charge in [-0.1, -0.05) is 13.8 Å². The van der Waals surface area contributed by atoms with E-state index in [-0.39, 0.29) is 13.8 Å². The Kier molecular flexibility index (Phi) is 4.19. The first-order valence-corrected chi connectivity index (χ1v) is 4.52. The molecule has 0 heterocycles. The molecular weight excluding hydrogens is 305 g/mol. The van der Waals surface area contributed by atoms with Gasteiger partial charge in [0.2, 0.25) is 0 Å². The molecule has 0 spiro atoms. The Morgan fingerprint density at radius 3 is 1.05 bits per heavy atom. The minimum absolute atomic E-state index is 0.274. The van der Waals surface area contributed by atoms with E-state index < -0.39 is 35.8 Å². The van der Waals surface area contributed by atoms with Crippen molar-refractivity contribution in [2.45, 2.75) is 43.7 Å². The van der Waals surface area contributed by atoms with Gasteiger partial charge in [-0.25, -0.2) is 0 Å². The van der Waals surface area contributed by atoms with E-state index in [1.165, 1.54) is 0 Å². The van der Waals surface area contributed by atoms with E-state index in [1.54, 1.807) is 0 Å². The van der Waals surface area contributed by atoms with Crippen LogP contribution in [0.1, 0.15) is 13.8 Å². The third-order valence-corrected chi connectivity index (χ3v) is 2.29. The molecule has 0 unspecified atom stereocenters. The predicted molar refractivity (Wildman–Crippen MR) is 40.7 cm³/mol. The van der Waals surface area contributed by atoms with Gasteiger partial charge < -0.3 is 0 Å². The zero-order chi connectivity index (χ0) is 16.1. The Labute approximate surface area is 99.1 Å². The molecule has 0 aromatic rings. The zero-order valence-corrected chi connectivity index (χ0v) is 9.23. The van der Waals surface area contributed by atoms with E-state index in [4.69, 9.17) is 0 Å². The summed E-state index contributed by atoms with van der Waals surface area (Å²) >= 11 is 0. The summed E-state index contributed by atoms with van der Waals surface area (Å²) in [6.07, 6.45) is -7.10. The van der Waals surface area contributed by atoms with Crippen molar-refractivity contribution in [3.8, 4) is 0 Å². The lowest BCUT2D eigenvalue weighted by atomic mass is 9.91. The molecule has 11 heteroatoms. The third-order valence-electron chi connectivity index (χ3n) is 2.29. The summed E-state index contributed by atoms with van der Waals surface area (Å²) in [4.78, 5) is 0. The first-order valence-electron chi connectivity index (χ1n) is 4.52. The number of alkyl halides is 11. The Morgan fingerprint density at radius 2 is 0.842 bits per heavy atom. The van der Waals surface area contributed by atoms with Crippen molar-refractivity contribution in [2.75, 3.05) is 0 Å². The Hall–Kier alpha value is -0.770. The molecule has 0 aromatic carbocycles. The molecule has 0 fully saturated rings. The van der Waals surface area contributed by atoms with Crippen LogP contribution in [-0.4, -0.2) is 29.9 Å². The van der Waals surface area contributed by atoms with Gasteiger partial charge in [-0.05, 0) is 0 Å². The van der Waals surface area contributed by atoms with Crippen molar-refractivity contribution >= 4 is 0 Å². The molecule has 0 aliphatic carbocycles. The molecule has 0 N–H and O–H groups in total. The highest BCUT2D eigenvalue weighted by Crippen LogP contribution is 2.58. The third kappa shape index (κ3) is 2.35. The standard InChI is InChI=1S/C8H7F11/c1-3(2)4(9,10)5(11,12)6(13,14)7(15,16)8(17,18)19/h3H,1-2H3. The van der Waals surface area contributed by atoms with Crippen LogP contribution < -0.4 is 0 Å². The molecule has 19 heavy (non-hydrogen) atoms. The smallest absolute Gasteiger partial charge is 0.199 e. The maximum absolute atomic E-state index is 12.8. The van der Waals surface area contributed by atoms with Gasteiger partial charge in [0.05, 0.1) is 0 Å². The van der Waals surface area contributed by atoms with Crippen molar-refractivity contribution in [3.05, 3.63) is 0 Å². The van der Waals surface area contributed by atoms with Crippen LogP contribution in [0.3, 0.4) is 0 Å². The monoisotopic (exact) mass is 312 g/mol. The fraction of sp³-hybridized carbons (Fsp3) is 1.00. The maximum Gasteiger partial charge on any atom is 0.460 e. The Bertz CT molecular complexity index is 324. The maximum atomic E-state index is 12.8. The number of hydrogen-bond donors (Lipinski definition) is 0. The van der Waals surface area contributed by atoms with Crippen molar-refractivity contribution < 1.29 is 48.3 Å². The van der Waals surface area contributed by atoms with Crippen molar-refractivity contribution in [1.82, 2.24) is 0 Å². The molecular formula is C8H7F11. The van der Waals surface area contributed by atoms with Crippen LogP contribution in [0.5, 0.6) is 0 Å². The Morgan fingerprint density at radius 1 is 0.526 bits per heavy atom. The summed E-state index contributed by atoms with van der Waals surface area (Å²) in [6.45, 7) is 0.547. The topological polar surface area (TPSA) is 0 Å². The summed E-state index contributed by atoms with van der Waals surface area (Å²) < 4.78 is 136. The lowest BCUT2D eigenvalue weighted by Gasteiger charge is -2.38. The van der Waals surface area contributed by atoms with Gasteiger partial charge in [0.25, 0.3) is 0 Å². The molecule has 0 bridgehead atoms. The molecule has 0 radical (unpaired) electrons. The summed E-state index contributed by atoms with van der Waals surface area (Å²) in [5.74, 6) is -29.8. The number of rotatable bonds is 4. The van der Waals surface area contributed by atoms with Crippen LogP contribution in [0, 0.1) is 5.92 Å². The fourth-order valence-corrected chi connectivity index (χ4v) is 0.947. The van der Waals surface area contributed by atoms with Crippen LogP contribution in [0.4, 0.5) is 48.3 Å². The van der Waals surface area contributed by atoms with Gasteiger partial charge >= 0.3 is 29.9 Å². The van der Waals surface area contributed by atoms with Crippen LogP contribution in [0.15, 0.2) is 0 Å². The summed E-state index contributed by atoms with van der Waals surface area (Å²) in [7, 11) is 0. The molecule has 116 valence electrons. The van der Waals surface area contributed by atoms with Crippen LogP contribution >= 0.6 is 0 Å². The van der Waals surface area contributed by atoms with E-state index in [0.717, 1.165) is 0 Å². The normalized spacial score (nSPS) is 16.1. The minimum atomic E-state index is -7.30.